The van der Waals surface area contributed by atoms with Crippen LogP contribution in [-0.2, 0) is 12.0 Å². The molecule has 0 fully saturated rings. The van der Waals surface area contributed by atoms with Gasteiger partial charge in [-0.3, -0.25) is 0 Å². The van der Waals surface area contributed by atoms with Crippen LogP contribution in [0.15, 0.2) is 91.3 Å². The summed E-state index contributed by atoms with van der Waals surface area (Å²) in [6, 6.07) is 26.6. The highest BCUT2D eigenvalue weighted by atomic mass is 35.5. The molecule has 0 saturated heterocycles. The molecule has 6 heteroatoms. The van der Waals surface area contributed by atoms with Crippen molar-refractivity contribution in [2.75, 3.05) is 5.32 Å². The number of hydrogen-bond donors (Lipinski definition) is 1. The molecule has 0 atom stereocenters. The first-order chi connectivity index (χ1) is 17.8. The van der Waals surface area contributed by atoms with Gasteiger partial charge in [0.05, 0.1) is 10.5 Å². The zero-order valence-corrected chi connectivity index (χ0v) is 21.7. The molecule has 0 saturated carbocycles. The highest BCUT2D eigenvalue weighted by Crippen LogP contribution is 2.33. The molecule has 1 N–H and O–H groups in total. The number of hydrogen-bond acceptors (Lipinski definition) is 4. The number of anilines is 2. The van der Waals surface area contributed by atoms with Gasteiger partial charge in [0.25, 0.3) is 0 Å². The van der Waals surface area contributed by atoms with Crippen molar-refractivity contribution < 1.29 is 9.13 Å². The number of rotatable bonds is 6. The maximum atomic E-state index is 13.4. The molecule has 1 heterocycles. The van der Waals surface area contributed by atoms with Gasteiger partial charge in [0, 0.05) is 11.1 Å². The number of benzene rings is 4. The van der Waals surface area contributed by atoms with E-state index in [1.54, 1.807) is 30.6 Å². The lowest BCUT2D eigenvalue weighted by atomic mass is 9.86. The van der Waals surface area contributed by atoms with Crippen molar-refractivity contribution in [1.29, 1.82) is 0 Å². The van der Waals surface area contributed by atoms with E-state index in [9.17, 15) is 4.39 Å². The van der Waals surface area contributed by atoms with Crippen molar-refractivity contribution in [3.63, 3.8) is 0 Å². The molecule has 5 aromatic rings. The zero-order chi connectivity index (χ0) is 26.0. The highest BCUT2D eigenvalue weighted by Gasteiger charge is 2.14. The minimum atomic E-state index is -0.297. The monoisotopic (exact) mass is 511 g/mol. The Bertz CT molecular complexity index is 1560. The minimum Gasteiger partial charge on any atom is -0.487 e. The van der Waals surface area contributed by atoms with Crippen molar-refractivity contribution >= 4 is 34.0 Å². The Morgan fingerprint density at radius 1 is 0.865 bits per heavy atom. The summed E-state index contributed by atoms with van der Waals surface area (Å²) in [4.78, 5) is 8.92. The van der Waals surface area contributed by atoms with Gasteiger partial charge in [0.2, 0.25) is 0 Å². The van der Waals surface area contributed by atoms with Gasteiger partial charge in [-0.05, 0) is 70.1 Å². The maximum Gasteiger partial charge on any atom is 0.141 e. The number of aromatic nitrogens is 2. The van der Waals surface area contributed by atoms with Gasteiger partial charge in [-0.15, -0.1) is 0 Å². The average Bonchev–Trinajstić information content (AvgIpc) is 2.88. The second kappa shape index (κ2) is 10.2. The van der Waals surface area contributed by atoms with Crippen LogP contribution in [0.2, 0.25) is 5.02 Å². The Hall–Kier alpha value is -3.96. The van der Waals surface area contributed by atoms with E-state index in [2.05, 4.69) is 72.5 Å². The van der Waals surface area contributed by atoms with Crippen LogP contribution in [0.5, 0.6) is 5.75 Å². The van der Waals surface area contributed by atoms with Crippen LogP contribution in [0.3, 0.4) is 0 Å². The summed E-state index contributed by atoms with van der Waals surface area (Å²) in [5, 5.41) is 4.71. The lowest BCUT2D eigenvalue weighted by molar-refractivity contribution is 0.306. The SMILES string of the molecule is CC(C)(C)c1ccc(-c2ccc3ncnc(Nc4ccc(OCc5cccc(F)c5)c(Cl)c4)c3c2)cc1. The lowest BCUT2D eigenvalue weighted by Crippen LogP contribution is -2.10. The van der Waals surface area contributed by atoms with Gasteiger partial charge >= 0.3 is 0 Å². The topological polar surface area (TPSA) is 47.0 Å². The fourth-order valence-electron chi connectivity index (χ4n) is 4.12. The van der Waals surface area contributed by atoms with Crippen LogP contribution in [0.1, 0.15) is 31.9 Å². The van der Waals surface area contributed by atoms with Gasteiger partial charge < -0.3 is 10.1 Å². The summed E-state index contributed by atoms with van der Waals surface area (Å²) >= 11 is 6.49. The van der Waals surface area contributed by atoms with Gasteiger partial charge in [-0.25, -0.2) is 14.4 Å². The van der Waals surface area contributed by atoms with Gasteiger partial charge in [0.15, 0.2) is 0 Å². The first-order valence-corrected chi connectivity index (χ1v) is 12.4. The molecular weight excluding hydrogens is 485 g/mol. The maximum absolute atomic E-state index is 13.4. The second-order valence-electron chi connectivity index (χ2n) is 9.97. The van der Waals surface area contributed by atoms with E-state index in [4.69, 9.17) is 16.3 Å². The molecule has 0 bridgehead atoms. The normalized spacial score (nSPS) is 11.5. The quantitative estimate of drug-likeness (QED) is 0.247. The third-order valence-corrected chi connectivity index (χ3v) is 6.49. The Labute approximate surface area is 221 Å². The molecule has 4 aromatic carbocycles. The first kappa shape index (κ1) is 24.7. The van der Waals surface area contributed by atoms with Gasteiger partial charge in [-0.2, -0.15) is 0 Å². The predicted octanol–water partition coefficient (Wildman–Crippen LogP) is 8.71. The van der Waals surface area contributed by atoms with E-state index in [0.717, 1.165) is 33.3 Å². The molecule has 5 rings (SSSR count). The fraction of sp³-hybridized carbons (Fsp3) is 0.161. The van der Waals surface area contributed by atoms with Crippen LogP contribution in [0.25, 0.3) is 22.0 Å². The molecule has 0 aliphatic heterocycles. The van der Waals surface area contributed by atoms with E-state index in [0.29, 0.717) is 16.6 Å². The number of nitrogens with zero attached hydrogens (tertiary/aromatic N) is 2. The summed E-state index contributed by atoms with van der Waals surface area (Å²) in [5.41, 5.74) is 5.96. The largest absolute Gasteiger partial charge is 0.487 e. The number of fused-ring (bicyclic) bond motifs is 1. The number of nitrogens with one attached hydrogen (secondary N) is 1. The van der Waals surface area contributed by atoms with Crippen molar-refractivity contribution in [3.8, 4) is 16.9 Å². The molecule has 0 spiro atoms. The third-order valence-electron chi connectivity index (χ3n) is 6.20. The van der Waals surface area contributed by atoms with E-state index in [1.165, 1.54) is 17.7 Å². The standard InChI is InChI=1S/C31H27ClFN3O/c1-31(2,3)23-10-7-21(8-11-23)22-9-13-28-26(16-22)30(35-19-34-28)36-25-12-14-29(27(32)17-25)37-18-20-5-4-6-24(33)15-20/h4-17,19H,18H2,1-3H3,(H,34,35,36). The third kappa shape index (κ3) is 5.73. The average molecular weight is 512 g/mol. The minimum absolute atomic E-state index is 0.105. The molecule has 4 nitrogen and oxygen atoms in total. The van der Waals surface area contributed by atoms with Gasteiger partial charge in [0.1, 0.15) is 30.3 Å². The highest BCUT2D eigenvalue weighted by molar-refractivity contribution is 6.32. The molecule has 0 unspecified atom stereocenters. The lowest BCUT2D eigenvalue weighted by Gasteiger charge is -2.19. The first-order valence-electron chi connectivity index (χ1n) is 12.1. The molecule has 37 heavy (non-hydrogen) atoms. The predicted molar refractivity (Wildman–Crippen MR) is 149 cm³/mol. The van der Waals surface area contributed by atoms with Gasteiger partial charge in [-0.1, -0.05) is 74.8 Å². The summed E-state index contributed by atoms with van der Waals surface area (Å²) in [7, 11) is 0. The molecular formula is C31H27ClFN3O. The van der Waals surface area contributed by atoms with Crippen molar-refractivity contribution in [2.24, 2.45) is 0 Å². The Morgan fingerprint density at radius 3 is 2.38 bits per heavy atom. The zero-order valence-electron chi connectivity index (χ0n) is 20.9. The van der Waals surface area contributed by atoms with E-state index in [-0.39, 0.29) is 17.8 Å². The summed E-state index contributed by atoms with van der Waals surface area (Å²) < 4.78 is 19.2. The van der Waals surface area contributed by atoms with E-state index < -0.39 is 0 Å². The Kier molecular flexibility index (Phi) is 6.81. The van der Waals surface area contributed by atoms with Crippen molar-refractivity contribution in [1.82, 2.24) is 9.97 Å². The van der Waals surface area contributed by atoms with Crippen LogP contribution < -0.4 is 10.1 Å². The van der Waals surface area contributed by atoms with Crippen LogP contribution in [0, 0.1) is 5.82 Å². The van der Waals surface area contributed by atoms with Crippen molar-refractivity contribution in [3.05, 3.63) is 113 Å². The molecule has 1 aromatic heterocycles. The smallest absolute Gasteiger partial charge is 0.141 e. The number of ether oxygens (including phenoxy) is 1. The Morgan fingerprint density at radius 2 is 1.65 bits per heavy atom. The molecule has 0 aliphatic rings. The molecule has 0 radical (unpaired) electrons. The summed E-state index contributed by atoms with van der Waals surface area (Å²) in [5.74, 6) is 0.904. The van der Waals surface area contributed by atoms with Crippen LogP contribution in [-0.4, -0.2) is 9.97 Å². The summed E-state index contributed by atoms with van der Waals surface area (Å²) in [6.07, 6.45) is 1.54. The summed E-state index contributed by atoms with van der Waals surface area (Å²) in [6.45, 7) is 6.86. The molecule has 186 valence electrons. The Balaban J connectivity index is 1.37. The molecule has 0 amide bonds. The van der Waals surface area contributed by atoms with Crippen LogP contribution >= 0.6 is 11.6 Å². The molecule has 0 aliphatic carbocycles. The van der Waals surface area contributed by atoms with Crippen LogP contribution in [0.4, 0.5) is 15.9 Å². The van der Waals surface area contributed by atoms with Crippen molar-refractivity contribution in [2.45, 2.75) is 32.8 Å². The van der Waals surface area contributed by atoms with E-state index in [1.807, 2.05) is 12.1 Å². The van der Waals surface area contributed by atoms with E-state index >= 15 is 0 Å². The second-order valence-corrected chi connectivity index (χ2v) is 10.4. The number of halogens is 2. The fourth-order valence-corrected chi connectivity index (χ4v) is 4.35.